The molecular formula is C29H27Cl2NO5. The second-order valence-electron chi connectivity index (χ2n) is 10.4. The molecular weight excluding hydrogens is 513 g/mol. The van der Waals surface area contributed by atoms with Gasteiger partial charge in [-0.3, -0.25) is 14.5 Å². The lowest BCUT2D eigenvalue weighted by atomic mass is 9.89. The number of carboxylic acids is 1. The van der Waals surface area contributed by atoms with Crippen molar-refractivity contribution in [3.8, 4) is 0 Å². The van der Waals surface area contributed by atoms with Crippen molar-refractivity contribution in [1.82, 2.24) is 4.90 Å². The van der Waals surface area contributed by atoms with Crippen LogP contribution in [0.3, 0.4) is 0 Å². The highest BCUT2D eigenvalue weighted by molar-refractivity contribution is 6.30. The fourth-order valence-electron chi connectivity index (χ4n) is 4.83. The number of carbonyl (C=O) groups excluding carboxylic acids is 1. The maximum absolute atomic E-state index is 14.1. The van der Waals surface area contributed by atoms with E-state index in [0.717, 1.165) is 5.56 Å². The van der Waals surface area contributed by atoms with Crippen LogP contribution in [0.4, 0.5) is 0 Å². The number of amides is 1. The second kappa shape index (κ2) is 9.14. The van der Waals surface area contributed by atoms with Crippen LogP contribution in [0.2, 0.25) is 10.0 Å². The van der Waals surface area contributed by atoms with Gasteiger partial charge in [-0.2, -0.15) is 0 Å². The first-order valence-electron chi connectivity index (χ1n) is 12.0. The van der Waals surface area contributed by atoms with Crippen molar-refractivity contribution in [1.29, 1.82) is 0 Å². The summed E-state index contributed by atoms with van der Waals surface area (Å²) in [4.78, 5) is 27.7. The van der Waals surface area contributed by atoms with Gasteiger partial charge < -0.3 is 14.9 Å². The van der Waals surface area contributed by atoms with Crippen molar-refractivity contribution in [3.63, 3.8) is 0 Å². The molecule has 0 unspecified atom stereocenters. The third kappa shape index (κ3) is 4.53. The van der Waals surface area contributed by atoms with E-state index in [1.54, 1.807) is 73.3 Å². The number of nitrogens with zero attached hydrogens (tertiary/aromatic N) is 1. The number of carbonyl (C=O) groups is 2. The zero-order valence-electron chi connectivity index (χ0n) is 20.5. The smallest absolute Gasteiger partial charge is 0.311 e. The lowest BCUT2D eigenvalue weighted by Gasteiger charge is -2.40. The van der Waals surface area contributed by atoms with Gasteiger partial charge in [0.15, 0.2) is 5.72 Å². The Morgan fingerprint density at radius 2 is 1.59 bits per heavy atom. The molecule has 1 saturated carbocycles. The number of hydrogen-bond acceptors (Lipinski definition) is 4. The first-order chi connectivity index (χ1) is 17.5. The van der Waals surface area contributed by atoms with Gasteiger partial charge in [-0.25, -0.2) is 0 Å². The molecule has 0 bridgehead atoms. The standard InChI is InChI=1S/C29H27Cl2NO5/c1-27(2,36)20-7-12-24-23(15-20)25(33)32(16-18-3-8-21(30)9-4-18)29(24,19-5-10-22(31)11-6-19)37-17-28(13-14-28)26(34)35/h3-12,15,36H,13-14,16-17H2,1-2H3,(H,34,35)/t29-/m1/s1. The zero-order valence-corrected chi connectivity index (χ0v) is 22.0. The number of aliphatic hydroxyl groups is 1. The molecule has 3 aromatic rings. The quantitative estimate of drug-likeness (QED) is 0.368. The van der Waals surface area contributed by atoms with E-state index >= 15 is 0 Å². The molecule has 3 aromatic carbocycles. The minimum Gasteiger partial charge on any atom is -0.481 e. The summed E-state index contributed by atoms with van der Waals surface area (Å²) in [6, 6.07) is 19.5. The summed E-state index contributed by atoms with van der Waals surface area (Å²) in [5.41, 5.74) is -0.507. The molecule has 5 rings (SSSR count). The number of carboxylic acid groups (broad SMARTS) is 1. The number of halogens is 2. The lowest BCUT2D eigenvalue weighted by molar-refractivity contribution is -0.157. The molecule has 2 aliphatic rings. The maximum Gasteiger partial charge on any atom is 0.311 e. The zero-order chi connectivity index (χ0) is 26.6. The van der Waals surface area contributed by atoms with Crippen molar-refractivity contribution >= 4 is 35.1 Å². The highest BCUT2D eigenvalue weighted by Gasteiger charge is 2.57. The fraction of sp³-hybridized carbons (Fsp3) is 0.310. The maximum atomic E-state index is 14.1. The molecule has 2 N–H and O–H groups in total. The average Bonchev–Trinajstić information content (AvgIpc) is 3.62. The number of aliphatic carboxylic acids is 1. The Kier molecular flexibility index (Phi) is 6.35. The van der Waals surface area contributed by atoms with E-state index in [1.165, 1.54) is 0 Å². The predicted molar refractivity (Wildman–Crippen MR) is 140 cm³/mol. The second-order valence-corrected chi connectivity index (χ2v) is 11.2. The molecule has 37 heavy (non-hydrogen) atoms. The van der Waals surface area contributed by atoms with Crippen LogP contribution in [-0.4, -0.2) is 33.6 Å². The van der Waals surface area contributed by atoms with Crippen LogP contribution < -0.4 is 0 Å². The Morgan fingerprint density at radius 1 is 1.00 bits per heavy atom. The van der Waals surface area contributed by atoms with E-state index in [9.17, 15) is 19.8 Å². The van der Waals surface area contributed by atoms with E-state index in [0.29, 0.717) is 45.1 Å². The Balaban J connectivity index is 1.70. The summed E-state index contributed by atoms with van der Waals surface area (Å²) in [6.07, 6.45) is 1.02. The average molecular weight is 540 g/mol. The van der Waals surface area contributed by atoms with Crippen LogP contribution in [0.1, 0.15) is 59.3 Å². The Bertz CT molecular complexity index is 1360. The van der Waals surface area contributed by atoms with Crippen LogP contribution >= 0.6 is 23.2 Å². The van der Waals surface area contributed by atoms with E-state index in [4.69, 9.17) is 27.9 Å². The van der Waals surface area contributed by atoms with Gasteiger partial charge in [0.25, 0.3) is 5.91 Å². The Labute approximate surface area is 225 Å². The van der Waals surface area contributed by atoms with Crippen LogP contribution in [0.25, 0.3) is 0 Å². The van der Waals surface area contributed by atoms with E-state index in [-0.39, 0.29) is 19.1 Å². The van der Waals surface area contributed by atoms with Crippen molar-refractivity contribution in [2.24, 2.45) is 5.41 Å². The van der Waals surface area contributed by atoms with Crippen molar-refractivity contribution in [2.75, 3.05) is 6.61 Å². The Hall–Kier alpha value is -2.90. The summed E-state index contributed by atoms with van der Waals surface area (Å²) in [6.45, 7) is 3.44. The first kappa shape index (κ1) is 25.7. The monoisotopic (exact) mass is 539 g/mol. The van der Waals surface area contributed by atoms with E-state index in [2.05, 4.69) is 0 Å². The highest BCUT2D eigenvalue weighted by atomic mass is 35.5. The molecule has 0 spiro atoms. The number of rotatable bonds is 8. The minimum absolute atomic E-state index is 0.0674. The molecule has 1 heterocycles. The summed E-state index contributed by atoms with van der Waals surface area (Å²) >= 11 is 12.3. The van der Waals surface area contributed by atoms with Gasteiger partial charge in [0, 0.05) is 33.3 Å². The molecule has 0 aromatic heterocycles. The minimum atomic E-state index is -1.40. The summed E-state index contributed by atoms with van der Waals surface area (Å²) in [5.74, 6) is -1.20. The first-order valence-corrected chi connectivity index (χ1v) is 12.8. The number of ether oxygens (including phenoxy) is 1. The molecule has 0 radical (unpaired) electrons. The highest BCUT2D eigenvalue weighted by Crippen LogP contribution is 2.52. The third-order valence-electron chi connectivity index (χ3n) is 7.30. The van der Waals surface area contributed by atoms with Gasteiger partial charge in [0.05, 0.1) is 17.6 Å². The van der Waals surface area contributed by atoms with Gasteiger partial charge in [-0.15, -0.1) is 0 Å². The summed E-state index contributed by atoms with van der Waals surface area (Å²) in [5, 5.41) is 21.6. The topological polar surface area (TPSA) is 87.1 Å². The van der Waals surface area contributed by atoms with Crippen molar-refractivity contribution in [2.45, 2.75) is 44.6 Å². The number of fused-ring (bicyclic) bond motifs is 1. The van der Waals surface area contributed by atoms with Gasteiger partial charge >= 0.3 is 5.97 Å². The molecule has 6 nitrogen and oxygen atoms in total. The van der Waals surface area contributed by atoms with Gasteiger partial charge in [0.2, 0.25) is 0 Å². The van der Waals surface area contributed by atoms with Gasteiger partial charge in [-0.1, -0.05) is 59.6 Å². The van der Waals surface area contributed by atoms with Crippen molar-refractivity contribution in [3.05, 3.63) is 105 Å². The van der Waals surface area contributed by atoms with Gasteiger partial charge in [-0.05, 0) is 68.1 Å². The molecule has 1 atom stereocenters. The van der Waals surface area contributed by atoms with E-state index in [1.807, 2.05) is 12.1 Å². The van der Waals surface area contributed by atoms with Crippen LogP contribution in [0.15, 0.2) is 66.7 Å². The number of benzene rings is 3. The Morgan fingerprint density at radius 3 is 2.14 bits per heavy atom. The van der Waals surface area contributed by atoms with Gasteiger partial charge in [0.1, 0.15) is 0 Å². The molecule has 1 fully saturated rings. The normalized spacial score (nSPS) is 20.1. The lowest BCUT2D eigenvalue weighted by Crippen LogP contribution is -2.47. The number of hydrogen-bond donors (Lipinski definition) is 2. The third-order valence-corrected chi connectivity index (χ3v) is 7.80. The van der Waals surface area contributed by atoms with Crippen molar-refractivity contribution < 1.29 is 24.5 Å². The summed E-state index contributed by atoms with van der Waals surface area (Å²) in [7, 11) is 0. The van der Waals surface area contributed by atoms with Crippen LogP contribution in [0.5, 0.6) is 0 Å². The van der Waals surface area contributed by atoms with Crippen LogP contribution in [0, 0.1) is 5.41 Å². The fourth-order valence-corrected chi connectivity index (χ4v) is 5.08. The molecule has 0 saturated heterocycles. The molecule has 1 aliphatic carbocycles. The molecule has 192 valence electrons. The molecule has 1 amide bonds. The summed E-state index contributed by atoms with van der Waals surface area (Å²) < 4.78 is 6.63. The SMILES string of the molecule is CC(C)(O)c1ccc2c(c1)C(=O)N(Cc1ccc(Cl)cc1)[C@@]2(OCC1(C(=O)O)CC1)c1ccc(Cl)cc1. The predicted octanol–water partition coefficient (Wildman–Crippen LogP) is 5.96. The van der Waals surface area contributed by atoms with Crippen LogP contribution in [-0.2, 0) is 27.4 Å². The molecule has 1 aliphatic heterocycles. The largest absolute Gasteiger partial charge is 0.481 e. The van der Waals surface area contributed by atoms with E-state index < -0.39 is 22.7 Å². The molecule has 8 heteroatoms.